The second-order valence-electron chi connectivity index (χ2n) is 5.28. The Hall–Kier alpha value is -2.99. The van der Waals surface area contributed by atoms with E-state index in [-0.39, 0.29) is 5.91 Å². The summed E-state index contributed by atoms with van der Waals surface area (Å²) in [4.78, 5) is 21.5. The van der Waals surface area contributed by atoms with Crippen molar-refractivity contribution in [2.24, 2.45) is 0 Å². The van der Waals surface area contributed by atoms with E-state index in [1.165, 1.54) is 11.3 Å². The summed E-state index contributed by atoms with van der Waals surface area (Å²) in [5.74, 6) is -0.140. The minimum absolute atomic E-state index is 0.140. The zero-order chi connectivity index (χ0) is 16.4. The fourth-order valence-electron chi connectivity index (χ4n) is 2.72. The van der Waals surface area contributed by atoms with Crippen LogP contribution in [0.15, 0.2) is 72.5 Å². The van der Waals surface area contributed by atoms with Crippen LogP contribution in [0.5, 0.6) is 0 Å². The lowest BCUT2D eigenvalue weighted by Gasteiger charge is -2.19. The van der Waals surface area contributed by atoms with E-state index >= 15 is 0 Å². The number of anilines is 1. The standard InChI is InChI=1S/C18H14N4OS/c23-17(21-18-19-10-11-24-18)16(13-6-2-1-3-7-13)22-12-20-14-8-4-5-9-15(14)22/h1-12,16H,(H,19,21,23). The third-order valence-corrected chi connectivity index (χ3v) is 4.47. The molecule has 24 heavy (non-hydrogen) atoms. The number of amides is 1. The normalized spacial score (nSPS) is 12.2. The Morgan fingerprint density at radius 2 is 1.83 bits per heavy atom. The molecule has 118 valence electrons. The maximum atomic E-state index is 13.0. The van der Waals surface area contributed by atoms with Crippen molar-refractivity contribution in [1.82, 2.24) is 14.5 Å². The molecule has 1 N–H and O–H groups in total. The van der Waals surface area contributed by atoms with E-state index in [0.29, 0.717) is 5.13 Å². The first kappa shape index (κ1) is 14.6. The third-order valence-electron chi connectivity index (χ3n) is 3.79. The Morgan fingerprint density at radius 3 is 2.62 bits per heavy atom. The number of fused-ring (bicyclic) bond motifs is 1. The van der Waals surface area contributed by atoms with Crippen LogP contribution >= 0.6 is 11.3 Å². The number of carbonyl (C=O) groups excluding carboxylic acids is 1. The number of imidazole rings is 1. The minimum Gasteiger partial charge on any atom is -0.314 e. The van der Waals surface area contributed by atoms with Crippen molar-refractivity contribution in [2.75, 3.05) is 5.32 Å². The molecule has 0 spiro atoms. The zero-order valence-electron chi connectivity index (χ0n) is 12.7. The smallest absolute Gasteiger partial charge is 0.253 e. The first-order chi connectivity index (χ1) is 11.8. The summed E-state index contributed by atoms with van der Waals surface area (Å²) in [5, 5.41) is 5.31. The summed E-state index contributed by atoms with van der Waals surface area (Å²) in [6, 6.07) is 17.0. The second-order valence-corrected chi connectivity index (χ2v) is 6.17. The lowest BCUT2D eigenvalue weighted by Crippen LogP contribution is -2.26. The number of aromatic nitrogens is 3. The van der Waals surface area contributed by atoms with Gasteiger partial charge in [-0.1, -0.05) is 42.5 Å². The molecule has 2 aromatic carbocycles. The number of nitrogens with zero attached hydrogens (tertiary/aromatic N) is 3. The molecule has 0 bridgehead atoms. The molecule has 1 atom stereocenters. The summed E-state index contributed by atoms with van der Waals surface area (Å²) in [6.45, 7) is 0. The summed E-state index contributed by atoms with van der Waals surface area (Å²) in [7, 11) is 0. The Bertz CT molecular complexity index is 963. The number of hydrogen-bond acceptors (Lipinski definition) is 4. The highest BCUT2D eigenvalue weighted by molar-refractivity contribution is 7.13. The molecule has 0 aliphatic heterocycles. The maximum absolute atomic E-state index is 13.0. The summed E-state index contributed by atoms with van der Waals surface area (Å²) in [5.41, 5.74) is 2.68. The molecule has 0 aliphatic carbocycles. The van der Waals surface area contributed by atoms with Gasteiger partial charge in [-0.05, 0) is 17.7 Å². The molecule has 1 unspecified atom stereocenters. The van der Waals surface area contributed by atoms with Gasteiger partial charge in [-0.2, -0.15) is 0 Å². The van der Waals surface area contributed by atoms with Gasteiger partial charge in [0.05, 0.1) is 17.4 Å². The first-order valence-corrected chi connectivity index (χ1v) is 8.38. The van der Waals surface area contributed by atoms with Crippen LogP contribution in [0.25, 0.3) is 11.0 Å². The van der Waals surface area contributed by atoms with E-state index in [9.17, 15) is 4.79 Å². The zero-order valence-corrected chi connectivity index (χ0v) is 13.5. The molecule has 0 saturated heterocycles. The molecule has 4 rings (SSSR count). The van der Waals surface area contributed by atoms with E-state index in [2.05, 4.69) is 15.3 Å². The SMILES string of the molecule is O=C(Nc1nccs1)C(c1ccccc1)n1cnc2ccccc21. The number of nitrogens with one attached hydrogen (secondary N) is 1. The van der Waals surface area contributed by atoms with Gasteiger partial charge in [0.25, 0.3) is 5.91 Å². The fourth-order valence-corrected chi connectivity index (χ4v) is 3.25. The van der Waals surface area contributed by atoms with Crippen molar-refractivity contribution in [1.29, 1.82) is 0 Å². The minimum atomic E-state index is -0.512. The highest BCUT2D eigenvalue weighted by atomic mass is 32.1. The molecule has 0 radical (unpaired) electrons. The predicted octanol–water partition coefficient (Wildman–Crippen LogP) is 3.72. The average Bonchev–Trinajstić information content (AvgIpc) is 3.27. The highest BCUT2D eigenvalue weighted by Gasteiger charge is 2.24. The van der Waals surface area contributed by atoms with Crippen LogP contribution in [0.1, 0.15) is 11.6 Å². The molecule has 0 fully saturated rings. The molecule has 1 amide bonds. The molecule has 5 nitrogen and oxygen atoms in total. The number of carbonyl (C=O) groups is 1. The van der Waals surface area contributed by atoms with Gasteiger partial charge in [0.2, 0.25) is 0 Å². The van der Waals surface area contributed by atoms with Gasteiger partial charge >= 0.3 is 0 Å². The first-order valence-electron chi connectivity index (χ1n) is 7.50. The van der Waals surface area contributed by atoms with Crippen LogP contribution in [0, 0.1) is 0 Å². The van der Waals surface area contributed by atoms with Crippen molar-refractivity contribution >= 4 is 33.4 Å². The molecule has 0 saturated carbocycles. The molecule has 2 heterocycles. The monoisotopic (exact) mass is 334 g/mol. The second kappa shape index (κ2) is 6.25. The van der Waals surface area contributed by atoms with Crippen molar-refractivity contribution < 1.29 is 4.79 Å². The Labute approximate surface area is 142 Å². The summed E-state index contributed by atoms with van der Waals surface area (Å²) in [6.07, 6.45) is 3.38. The van der Waals surface area contributed by atoms with Crippen LogP contribution in [0.3, 0.4) is 0 Å². The van der Waals surface area contributed by atoms with Crippen molar-refractivity contribution in [3.05, 3.63) is 78.1 Å². The third kappa shape index (κ3) is 2.68. The van der Waals surface area contributed by atoms with Crippen molar-refractivity contribution in [3.8, 4) is 0 Å². The molecular formula is C18H14N4OS. The largest absolute Gasteiger partial charge is 0.314 e. The number of para-hydroxylation sites is 2. The van der Waals surface area contributed by atoms with E-state index in [0.717, 1.165) is 16.6 Å². The quantitative estimate of drug-likeness (QED) is 0.619. The van der Waals surface area contributed by atoms with Crippen LogP contribution in [0.4, 0.5) is 5.13 Å². The van der Waals surface area contributed by atoms with E-state index in [1.807, 2.05) is 64.5 Å². The van der Waals surface area contributed by atoms with E-state index in [1.54, 1.807) is 12.5 Å². The van der Waals surface area contributed by atoms with E-state index < -0.39 is 6.04 Å². The number of benzene rings is 2. The van der Waals surface area contributed by atoms with Gasteiger partial charge in [0.1, 0.15) is 6.04 Å². The summed E-state index contributed by atoms with van der Waals surface area (Å²) >= 11 is 1.40. The molecular weight excluding hydrogens is 320 g/mol. The lowest BCUT2D eigenvalue weighted by molar-refractivity contribution is -0.118. The molecule has 6 heteroatoms. The maximum Gasteiger partial charge on any atom is 0.253 e. The van der Waals surface area contributed by atoms with E-state index in [4.69, 9.17) is 0 Å². The van der Waals surface area contributed by atoms with Gasteiger partial charge in [-0.3, -0.25) is 10.1 Å². The van der Waals surface area contributed by atoms with Gasteiger partial charge in [-0.25, -0.2) is 9.97 Å². The van der Waals surface area contributed by atoms with Gasteiger partial charge in [0.15, 0.2) is 5.13 Å². The van der Waals surface area contributed by atoms with Crippen LogP contribution in [-0.4, -0.2) is 20.4 Å². The van der Waals surface area contributed by atoms with Crippen molar-refractivity contribution in [2.45, 2.75) is 6.04 Å². The molecule has 2 aromatic heterocycles. The molecule has 0 aliphatic rings. The van der Waals surface area contributed by atoms with Crippen LogP contribution in [0.2, 0.25) is 0 Å². The van der Waals surface area contributed by atoms with Crippen LogP contribution < -0.4 is 5.32 Å². The Balaban J connectivity index is 1.80. The Kier molecular flexibility index (Phi) is 3.80. The predicted molar refractivity (Wildman–Crippen MR) is 95.1 cm³/mol. The number of rotatable bonds is 4. The highest BCUT2D eigenvalue weighted by Crippen LogP contribution is 2.25. The topological polar surface area (TPSA) is 59.8 Å². The van der Waals surface area contributed by atoms with Gasteiger partial charge < -0.3 is 4.57 Å². The van der Waals surface area contributed by atoms with Crippen LogP contribution in [-0.2, 0) is 4.79 Å². The summed E-state index contributed by atoms with van der Waals surface area (Å²) < 4.78 is 1.90. The lowest BCUT2D eigenvalue weighted by atomic mass is 10.1. The van der Waals surface area contributed by atoms with Gasteiger partial charge in [0, 0.05) is 11.6 Å². The Morgan fingerprint density at radius 1 is 1.04 bits per heavy atom. The van der Waals surface area contributed by atoms with Gasteiger partial charge in [-0.15, -0.1) is 11.3 Å². The fraction of sp³-hybridized carbons (Fsp3) is 0.0556. The average molecular weight is 334 g/mol. The van der Waals surface area contributed by atoms with Crippen molar-refractivity contribution in [3.63, 3.8) is 0 Å². The number of hydrogen-bond donors (Lipinski definition) is 1. The number of thiazole rings is 1. The molecule has 4 aromatic rings.